The summed E-state index contributed by atoms with van der Waals surface area (Å²) in [6.45, 7) is 4.05. The molecule has 1 aromatic carbocycles. The minimum absolute atomic E-state index is 0.0124. The first-order valence-electron chi connectivity index (χ1n) is 9.03. The highest BCUT2D eigenvalue weighted by molar-refractivity contribution is 5.86. The van der Waals surface area contributed by atoms with Gasteiger partial charge in [0, 0.05) is 13.1 Å². The number of nitrogens with one attached hydrogen (secondary N) is 1. The second kappa shape index (κ2) is 7.45. The van der Waals surface area contributed by atoms with Crippen LogP contribution >= 0.6 is 0 Å². The van der Waals surface area contributed by atoms with Gasteiger partial charge >= 0.3 is 0 Å². The molecule has 2 aliphatic rings. The highest BCUT2D eigenvalue weighted by atomic mass is 16.2. The zero-order valence-electron chi connectivity index (χ0n) is 14.0. The van der Waals surface area contributed by atoms with Gasteiger partial charge in [-0.1, -0.05) is 43.5 Å². The Balaban J connectivity index is 1.49. The first-order chi connectivity index (χ1) is 11.2. The largest absolute Gasteiger partial charge is 0.350 e. The van der Waals surface area contributed by atoms with Crippen molar-refractivity contribution in [2.75, 3.05) is 13.1 Å². The molecule has 4 nitrogen and oxygen atoms in total. The van der Waals surface area contributed by atoms with E-state index < -0.39 is 5.54 Å². The minimum atomic E-state index is -0.645. The summed E-state index contributed by atoms with van der Waals surface area (Å²) in [4.78, 5) is 14.8. The number of hydrogen-bond donors (Lipinski definition) is 2. The molecule has 2 fully saturated rings. The number of rotatable bonds is 5. The van der Waals surface area contributed by atoms with Crippen LogP contribution in [0.4, 0.5) is 0 Å². The molecule has 1 aromatic rings. The summed E-state index contributed by atoms with van der Waals surface area (Å²) >= 11 is 0. The highest BCUT2D eigenvalue weighted by Gasteiger charge is 2.34. The lowest BCUT2D eigenvalue weighted by atomic mass is 9.82. The van der Waals surface area contributed by atoms with Gasteiger partial charge < -0.3 is 11.1 Å². The maximum atomic E-state index is 12.3. The normalized spacial score (nSPS) is 21.3. The molecule has 1 saturated heterocycles. The van der Waals surface area contributed by atoms with E-state index in [0.717, 1.165) is 37.8 Å². The van der Waals surface area contributed by atoms with Crippen molar-refractivity contribution in [3.63, 3.8) is 0 Å². The average Bonchev–Trinajstić information content (AvgIpc) is 3.07. The van der Waals surface area contributed by atoms with Gasteiger partial charge in [0.2, 0.25) is 5.91 Å². The van der Waals surface area contributed by atoms with E-state index in [9.17, 15) is 4.79 Å². The molecule has 0 unspecified atom stereocenters. The summed E-state index contributed by atoms with van der Waals surface area (Å²) in [6.07, 6.45) is 7.60. The third-order valence-corrected chi connectivity index (χ3v) is 5.28. The Labute approximate surface area is 139 Å². The van der Waals surface area contributed by atoms with E-state index in [-0.39, 0.29) is 5.91 Å². The van der Waals surface area contributed by atoms with Crippen LogP contribution in [0.1, 0.15) is 56.1 Å². The molecule has 0 atom stereocenters. The van der Waals surface area contributed by atoms with Gasteiger partial charge in [-0.3, -0.25) is 9.69 Å². The van der Waals surface area contributed by atoms with Crippen LogP contribution in [0.5, 0.6) is 0 Å². The van der Waals surface area contributed by atoms with E-state index in [1.165, 1.54) is 37.9 Å². The van der Waals surface area contributed by atoms with Crippen LogP contribution in [-0.2, 0) is 17.9 Å². The number of carbonyl (C=O) groups is 1. The fraction of sp³-hybridized carbons (Fsp3) is 0.632. The molecule has 1 aliphatic heterocycles. The van der Waals surface area contributed by atoms with Gasteiger partial charge in [0.15, 0.2) is 0 Å². The van der Waals surface area contributed by atoms with Crippen LogP contribution in [0.25, 0.3) is 0 Å². The van der Waals surface area contributed by atoms with Crippen LogP contribution < -0.4 is 11.1 Å². The van der Waals surface area contributed by atoms with E-state index in [1.807, 2.05) is 0 Å². The quantitative estimate of drug-likeness (QED) is 0.878. The lowest BCUT2D eigenvalue weighted by molar-refractivity contribution is -0.127. The van der Waals surface area contributed by atoms with E-state index in [0.29, 0.717) is 6.54 Å². The Morgan fingerprint density at radius 2 is 1.61 bits per heavy atom. The lowest BCUT2D eigenvalue weighted by Crippen LogP contribution is -2.54. The van der Waals surface area contributed by atoms with Gasteiger partial charge in [-0.15, -0.1) is 0 Å². The van der Waals surface area contributed by atoms with Crippen LogP contribution in [0.3, 0.4) is 0 Å². The van der Waals surface area contributed by atoms with Crippen LogP contribution in [-0.4, -0.2) is 29.4 Å². The molecule has 3 N–H and O–H groups in total. The Kier molecular flexibility index (Phi) is 5.34. The zero-order valence-corrected chi connectivity index (χ0v) is 14.0. The summed E-state index contributed by atoms with van der Waals surface area (Å²) < 4.78 is 0. The van der Waals surface area contributed by atoms with Crippen LogP contribution in [0, 0.1) is 0 Å². The third kappa shape index (κ3) is 4.33. The summed E-state index contributed by atoms with van der Waals surface area (Å²) in [5.74, 6) is 0.0124. The number of nitrogens with zero attached hydrogens (tertiary/aromatic N) is 1. The predicted octanol–water partition coefficient (Wildman–Crippen LogP) is 2.56. The molecule has 1 aliphatic carbocycles. The van der Waals surface area contributed by atoms with Crippen molar-refractivity contribution >= 4 is 5.91 Å². The standard InChI is InChI=1S/C19H29N3O/c20-19(10-2-1-3-11-19)18(23)21-14-16-6-8-17(9-7-16)15-22-12-4-5-13-22/h6-9H,1-5,10-15,20H2,(H,21,23). The molecule has 1 saturated carbocycles. The molecule has 3 rings (SSSR count). The Hall–Kier alpha value is -1.39. The number of likely N-dealkylation sites (tertiary alicyclic amines) is 1. The maximum Gasteiger partial charge on any atom is 0.240 e. The van der Waals surface area contributed by atoms with E-state index in [2.05, 4.69) is 34.5 Å². The molecule has 1 heterocycles. The molecule has 4 heteroatoms. The van der Waals surface area contributed by atoms with Crippen molar-refractivity contribution in [1.29, 1.82) is 0 Å². The van der Waals surface area contributed by atoms with Crippen LogP contribution in [0.15, 0.2) is 24.3 Å². The first kappa shape index (κ1) is 16.5. The predicted molar refractivity (Wildman–Crippen MR) is 92.8 cm³/mol. The number of nitrogens with two attached hydrogens (primary N) is 1. The monoisotopic (exact) mass is 315 g/mol. The molecule has 126 valence electrons. The summed E-state index contributed by atoms with van der Waals surface area (Å²) in [5.41, 5.74) is 8.11. The van der Waals surface area contributed by atoms with Gasteiger partial charge in [-0.25, -0.2) is 0 Å². The summed E-state index contributed by atoms with van der Waals surface area (Å²) in [5, 5.41) is 3.03. The maximum absolute atomic E-state index is 12.3. The fourth-order valence-electron chi connectivity index (χ4n) is 3.73. The molecular formula is C19H29N3O. The number of hydrogen-bond acceptors (Lipinski definition) is 3. The number of carbonyl (C=O) groups excluding carboxylic acids is 1. The summed E-state index contributed by atoms with van der Waals surface area (Å²) in [6, 6.07) is 8.60. The minimum Gasteiger partial charge on any atom is -0.350 e. The molecular weight excluding hydrogens is 286 g/mol. The van der Waals surface area contributed by atoms with Crippen molar-refractivity contribution in [2.24, 2.45) is 5.73 Å². The lowest BCUT2D eigenvalue weighted by Gasteiger charge is -2.31. The van der Waals surface area contributed by atoms with E-state index >= 15 is 0 Å². The fourth-order valence-corrected chi connectivity index (χ4v) is 3.73. The van der Waals surface area contributed by atoms with Gasteiger partial charge in [0.05, 0.1) is 5.54 Å². The molecule has 23 heavy (non-hydrogen) atoms. The van der Waals surface area contributed by atoms with Crippen molar-refractivity contribution in [3.8, 4) is 0 Å². The Morgan fingerprint density at radius 1 is 1.00 bits per heavy atom. The number of benzene rings is 1. The molecule has 0 radical (unpaired) electrons. The first-order valence-corrected chi connectivity index (χ1v) is 9.03. The summed E-state index contributed by atoms with van der Waals surface area (Å²) in [7, 11) is 0. The van der Waals surface area contributed by atoms with E-state index in [1.54, 1.807) is 0 Å². The van der Waals surface area contributed by atoms with Crippen molar-refractivity contribution in [3.05, 3.63) is 35.4 Å². The number of amides is 1. The molecule has 0 bridgehead atoms. The molecule has 1 amide bonds. The zero-order chi connectivity index (χ0) is 16.1. The molecule has 0 spiro atoms. The molecule has 0 aromatic heterocycles. The SMILES string of the molecule is NC1(C(=O)NCc2ccc(CN3CCCC3)cc2)CCCCC1. The Bertz CT molecular complexity index is 514. The van der Waals surface area contributed by atoms with Gasteiger partial charge in [0.25, 0.3) is 0 Å². The van der Waals surface area contributed by atoms with Gasteiger partial charge in [0.1, 0.15) is 0 Å². The van der Waals surface area contributed by atoms with Crippen molar-refractivity contribution in [2.45, 2.75) is 63.6 Å². The average molecular weight is 315 g/mol. The third-order valence-electron chi connectivity index (χ3n) is 5.28. The van der Waals surface area contributed by atoms with Crippen molar-refractivity contribution < 1.29 is 4.79 Å². The van der Waals surface area contributed by atoms with Crippen LogP contribution in [0.2, 0.25) is 0 Å². The van der Waals surface area contributed by atoms with Gasteiger partial charge in [-0.2, -0.15) is 0 Å². The second-order valence-electron chi connectivity index (χ2n) is 7.20. The smallest absolute Gasteiger partial charge is 0.240 e. The Morgan fingerprint density at radius 3 is 2.26 bits per heavy atom. The van der Waals surface area contributed by atoms with E-state index in [4.69, 9.17) is 5.73 Å². The van der Waals surface area contributed by atoms with Gasteiger partial charge in [-0.05, 0) is 49.9 Å². The topological polar surface area (TPSA) is 58.4 Å². The van der Waals surface area contributed by atoms with Crippen molar-refractivity contribution in [1.82, 2.24) is 10.2 Å². The highest BCUT2D eigenvalue weighted by Crippen LogP contribution is 2.26. The second-order valence-corrected chi connectivity index (χ2v) is 7.20.